The molecule has 1 spiro atoms. The molecule has 7 nitrogen and oxygen atoms in total. The normalized spacial score (nSPS) is 34.7. The minimum absolute atomic E-state index is 0.00308. The lowest BCUT2D eigenvalue weighted by Gasteiger charge is -2.66. The molecule has 0 aromatic heterocycles. The Kier molecular flexibility index (Phi) is 11.8. The Morgan fingerprint density at radius 3 is 2.50 bits per heavy atom. The van der Waals surface area contributed by atoms with Gasteiger partial charge in [-0.3, -0.25) is 4.79 Å². The summed E-state index contributed by atoms with van der Waals surface area (Å²) in [5.41, 5.74) is 1.50. The third-order valence-corrected chi connectivity index (χ3v) is 10.7. The number of fused-ring (bicyclic) bond motifs is 1. The van der Waals surface area contributed by atoms with Gasteiger partial charge in [-0.1, -0.05) is 47.6 Å². The van der Waals surface area contributed by atoms with Gasteiger partial charge in [0, 0.05) is 22.9 Å². The molecule has 0 aromatic carbocycles. The molecular weight excluding hydrogens is 532 g/mol. The number of hydrogen-bond acceptors (Lipinski definition) is 7. The van der Waals surface area contributed by atoms with E-state index in [1.54, 1.807) is 0 Å². The molecule has 3 rings (SSSR count). The van der Waals surface area contributed by atoms with Crippen LogP contribution in [-0.4, -0.2) is 76.1 Å². The molecule has 0 aromatic rings. The predicted octanol–water partition coefficient (Wildman–Crippen LogP) is 4.88. The Balaban J connectivity index is 2.07. The molecule has 0 radical (unpaired) electrons. The monoisotopic (exact) mass is 586 g/mol. The van der Waals surface area contributed by atoms with Gasteiger partial charge in [0.15, 0.2) is 0 Å². The predicted molar refractivity (Wildman–Crippen MR) is 166 cm³/mol. The fourth-order valence-corrected chi connectivity index (χ4v) is 8.59. The van der Waals surface area contributed by atoms with Gasteiger partial charge >= 0.3 is 0 Å². The Morgan fingerprint density at radius 1 is 1.14 bits per heavy atom. The van der Waals surface area contributed by atoms with Crippen LogP contribution in [0, 0.1) is 16.2 Å². The van der Waals surface area contributed by atoms with Gasteiger partial charge in [-0.15, -0.1) is 0 Å². The van der Waals surface area contributed by atoms with Crippen LogP contribution in [0.2, 0.25) is 0 Å². The first kappa shape index (κ1) is 34.6. The van der Waals surface area contributed by atoms with Gasteiger partial charge in [0.25, 0.3) is 0 Å². The van der Waals surface area contributed by atoms with E-state index in [9.17, 15) is 30.3 Å². The zero-order valence-corrected chi connectivity index (χ0v) is 26.2. The van der Waals surface area contributed by atoms with E-state index >= 15 is 0 Å². The number of hydrogen-bond donors (Lipinski definition) is 5. The first-order valence-corrected chi connectivity index (χ1v) is 15.6. The summed E-state index contributed by atoms with van der Waals surface area (Å²) in [4.78, 5) is 12.1. The maximum absolute atomic E-state index is 12.6. The van der Waals surface area contributed by atoms with Crippen LogP contribution >= 0.6 is 0 Å². The molecule has 42 heavy (non-hydrogen) atoms. The largest absolute Gasteiger partial charge is 0.396 e. The fourth-order valence-electron chi connectivity index (χ4n) is 8.59. The van der Waals surface area contributed by atoms with Crippen LogP contribution in [0.3, 0.4) is 0 Å². The van der Waals surface area contributed by atoms with Crippen molar-refractivity contribution in [1.29, 1.82) is 0 Å². The van der Waals surface area contributed by atoms with Crippen LogP contribution in [0.5, 0.6) is 0 Å². The topological polar surface area (TPSA) is 127 Å². The van der Waals surface area contributed by atoms with Crippen molar-refractivity contribution in [2.75, 3.05) is 26.4 Å². The van der Waals surface area contributed by atoms with Crippen molar-refractivity contribution in [2.24, 2.45) is 16.2 Å². The molecule has 0 aliphatic heterocycles. The number of carbonyl (C=O) groups excluding carboxylic acids is 1. The highest BCUT2D eigenvalue weighted by Gasteiger charge is 2.76. The van der Waals surface area contributed by atoms with Gasteiger partial charge in [-0.05, 0) is 103 Å². The van der Waals surface area contributed by atoms with Gasteiger partial charge in [-0.25, -0.2) is 0 Å². The summed E-state index contributed by atoms with van der Waals surface area (Å²) >= 11 is 0. The van der Waals surface area contributed by atoms with Gasteiger partial charge < -0.3 is 30.3 Å². The van der Waals surface area contributed by atoms with Gasteiger partial charge in [-0.2, -0.15) is 0 Å². The molecule has 236 valence electrons. The van der Waals surface area contributed by atoms with Crippen molar-refractivity contribution < 1.29 is 35.1 Å². The molecule has 5 N–H and O–H groups in total. The highest BCUT2D eigenvalue weighted by molar-refractivity contribution is 5.74. The molecule has 0 amide bonds. The van der Waals surface area contributed by atoms with Gasteiger partial charge in [0.1, 0.15) is 12.4 Å². The van der Waals surface area contributed by atoms with E-state index in [0.717, 1.165) is 35.8 Å². The summed E-state index contributed by atoms with van der Waals surface area (Å²) in [6.07, 6.45) is 13.5. The molecule has 0 saturated heterocycles. The van der Waals surface area contributed by atoms with Crippen LogP contribution < -0.4 is 0 Å². The molecule has 3 saturated carbocycles. The van der Waals surface area contributed by atoms with E-state index in [2.05, 4.69) is 26.5 Å². The van der Waals surface area contributed by atoms with Crippen molar-refractivity contribution in [3.63, 3.8) is 0 Å². The Labute approximate surface area is 252 Å². The summed E-state index contributed by atoms with van der Waals surface area (Å²) in [6, 6.07) is 0. The summed E-state index contributed by atoms with van der Waals surface area (Å²) < 4.78 is 5.89. The average molecular weight is 587 g/mol. The third kappa shape index (κ3) is 6.33. The average Bonchev–Trinajstić information content (AvgIpc) is 3.15. The molecule has 0 heterocycles. The third-order valence-electron chi connectivity index (χ3n) is 10.7. The zero-order valence-electron chi connectivity index (χ0n) is 26.2. The molecule has 2 bridgehead atoms. The second kappa shape index (κ2) is 14.3. The van der Waals surface area contributed by atoms with Crippen LogP contribution in [0.1, 0.15) is 91.9 Å². The maximum atomic E-state index is 12.6. The molecule has 7 heteroatoms. The second-order valence-electron chi connectivity index (χ2n) is 13.4. The smallest absolute Gasteiger partial charge is 0.145 e. The van der Waals surface area contributed by atoms with Crippen LogP contribution in [0.25, 0.3) is 0 Å². The SMILES string of the molecule is C=C(/C=C/C=C(/COC[C@H](O)CO)[C@]12CC[C@]3(CCCO)/C(=C(/C)C=O)CC[C@@](C)(O)[C@@]3(CC1)[C@@H]2O)CCC=C(C)C. The second-order valence-corrected chi connectivity index (χ2v) is 13.4. The van der Waals surface area contributed by atoms with Crippen molar-refractivity contribution in [2.45, 2.75) is 110 Å². The van der Waals surface area contributed by atoms with Crippen LogP contribution in [0.4, 0.5) is 0 Å². The van der Waals surface area contributed by atoms with Gasteiger partial charge in [0.05, 0.1) is 31.5 Å². The van der Waals surface area contributed by atoms with Crippen molar-refractivity contribution in [1.82, 2.24) is 0 Å². The highest BCUT2D eigenvalue weighted by atomic mass is 16.5. The van der Waals surface area contributed by atoms with E-state index in [4.69, 9.17) is 4.74 Å². The maximum Gasteiger partial charge on any atom is 0.145 e. The lowest BCUT2D eigenvalue weighted by atomic mass is 9.40. The highest BCUT2D eigenvalue weighted by Crippen LogP contribution is 2.77. The van der Waals surface area contributed by atoms with Crippen molar-refractivity contribution in [3.8, 4) is 0 Å². The molecule has 3 aliphatic carbocycles. The summed E-state index contributed by atoms with van der Waals surface area (Å²) in [7, 11) is 0. The molecule has 6 atom stereocenters. The molecule has 0 unspecified atom stereocenters. The van der Waals surface area contributed by atoms with E-state index in [0.29, 0.717) is 56.9 Å². The molecular formula is C35H54O7. The minimum atomic E-state index is -1.18. The summed E-state index contributed by atoms with van der Waals surface area (Å²) in [6.45, 7) is 11.7. The molecule has 3 aliphatic rings. The number of ether oxygens (including phenoxy) is 1. The van der Waals surface area contributed by atoms with E-state index in [-0.39, 0.29) is 19.8 Å². The first-order valence-electron chi connectivity index (χ1n) is 15.6. The lowest BCUT2D eigenvalue weighted by Crippen LogP contribution is -2.68. The lowest BCUT2D eigenvalue weighted by molar-refractivity contribution is -0.231. The number of carbonyl (C=O) groups is 1. The number of aliphatic hydroxyl groups is 5. The zero-order chi connectivity index (χ0) is 31.2. The van der Waals surface area contributed by atoms with Crippen molar-refractivity contribution >= 4 is 6.29 Å². The molecule has 3 fully saturated rings. The summed E-state index contributed by atoms with van der Waals surface area (Å²) in [5.74, 6) is 0. The Bertz CT molecular complexity index is 1090. The number of aliphatic hydroxyl groups excluding tert-OH is 4. The van der Waals surface area contributed by atoms with Crippen LogP contribution in [0.15, 0.2) is 58.7 Å². The van der Waals surface area contributed by atoms with E-state index in [1.807, 2.05) is 32.1 Å². The standard InChI is InChI=1S/C35H54O7/c1-25(2)9-6-10-26(3)11-7-12-28(23-42-24-29(39)22-38)33-16-18-34(14-8-20-36)30(27(4)21-37)13-15-32(5,41)35(34,19-17-33)31(33)40/h7,9,11-12,21,29,31,36,38-41H,3,6,8,10,13-20,22-24H2,1-2,4-5H3/b11-7+,28-12-,30-27-/t29-,31-,32-,33+,34-,35-/m1/s1. The van der Waals surface area contributed by atoms with E-state index < -0.39 is 40.7 Å². The number of allylic oxidation sites excluding steroid dienone is 8. The summed E-state index contributed by atoms with van der Waals surface area (Å²) in [5, 5.41) is 53.7. The van der Waals surface area contributed by atoms with Gasteiger partial charge in [0.2, 0.25) is 0 Å². The van der Waals surface area contributed by atoms with E-state index in [1.165, 1.54) is 5.57 Å². The van der Waals surface area contributed by atoms with Crippen LogP contribution in [-0.2, 0) is 9.53 Å². The Morgan fingerprint density at radius 2 is 1.86 bits per heavy atom. The number of aldehydes is 1. The quantitative estimate of drug-likeness (QED) is 0.0801. The van der Waals surface area contributed by atoms with Crippen molar-refractivity contribution in [3.05, 3.63) is 58.7 Å². The fraction of sp³-hybridized carbons (Fsp3) is 0.686. The number of rotatable bonds is 15. The Hall–Kier alpha value is -1.87. The minimum Gasteiger partial charge on any atom is -0.396 e. The first-order chi connectivity index (χ1) is 19.9.